The zero-order valence-corrected chi connectivity index (χ0v) is 13.2. The summed E-state index contributed by atoms with van der Waals surface area (Å²) in [6.45, 7) is 0. The van der Waals surface area contributed by atoms with Crippen LogP contribution >= 0.6 is 0 Å². The highest BCUT2D eigenvalue weighted by Gasteiger charge is 2.40. The number of benzene rings is 2. The largest absolute Gasteiger partial charge is 0.455 e. The number of nitrogens with one attached hydrogen (secondary N) is 1. The number of anilines is 1. The lowest BCUT2D eigenvalue weighted by molar-refractivity contribution is 0.0337. The van der Waals surface area contributed by atoms with E-state index in [2.05, 4.69) is 5.32 Å². The Labute approximate surface area is 135 Å². The summed E-state index contributed by atoms with van der Waals surface area (Å²) in [6, 6.07) is 17.4. The molecule has 2 aromatic rings. The maximum atomic E-state index is 12.2. The van der Waals surface area contributed by atoms with Gasteiger partial charge >= 0.3 is 5.97 Å². The fourth-order valence-electron chi connectivity index (χ4n) is 2.59. The Bertz CT molecular complexity index is 775. The minimum Gasteiger partial charge on any atom is -0.455 e. The van der Waals surface area contributed by atoms with E-state index in [0.29, 0.717) is 5.56 Å². The average molecular weight is 331 g/mol. The minimum absolute atomic E-state index is 0.0470. The standard InChI is InChI=1S/C17H17NO4S/c19-17(13-7-3-1-4-8-13)22-16-12-23(20,21)11-15(16)18-14-9-5-2-6-10-14/h1-10,15-16,18H,11-12H2/t15-,16-/m1/s1. The highest BCUT2D eigenvalue weighted by atomic mass is 32.2. The summed E-state index contributed by atoms with van der Waals surface area (Å²) in [6.07, 6.45) is -0.701. The first-order valence-corrected chi connectivity index (χ1v) is 9.14. The average Bonchev–Trinajstić information content (AvgIpc) is 2.82. The predicted octanol–water partition coefficient (Wildman–Crippen LogP) is 2.12. The fraction of sp³-hybridized carbons (Fsp3) is 0.235. The van der Waals surface area contributed by atoms with Gasteiger partial charge in [-0.2, -0.15) is 0 Å². The van der Waals surface area contributed by atoms with Crippen LogP contribution in [0, 0.1) is 0 Å². The van der Waals surface area contributed by atoms with Crippen molar-refractivity contribution in [1.82, 2.24) is 0 Å². The van der Waals surface area contributed by atoms with Crippen molar-refractivity contribution in [1.29, 1.82) is 0 Å². The number of hydrogen-bond donors (Lipinski definition) is 1. The first-order valence-electron chi connectivity index (χ1n) is 7.31. The van der Waals surface area contributed by atoms with Gasteiger partial charge in [-0.3, -0.25) is 0 Å². The van der Waals surface area contributed by atoms with E-state index in [1.165, 1.54) is 0 Å². The monoisotopic (exact) mass is 331 g/mol. The van der Waals surface area contributed by atoms with Crippen molar-refractivity contribution in [2.45, 2.75) is 12.1 Å². The van der Waals surface area contributed by atoms with Crippen LogP contribution in [-0.2, 0) is 14.6 Å². The maximum Gasteiger partial charge on any atom is 0.338 e. The molecule has 1 aliphatic heterocycles. The Morgan fingerprint density at radius 2 is 1.57 bits per heavy atom. The normalized spacial score (nSPS) is 22.4. The lowest BCUT2D eigenvalue weighted by Crippen LogP contribution is -2.35. The molecule has 1 fully saturated rings. The highest BCUT2D eigenvalue weighted by molar-refractivity contribution is 7.91. The van der Waals surface area contributed by atoms with E-state index >= 15 is 0 Å². The van der Waals surface area contributed by atoms with Gasteiger partial charge in [0.05, 0.1) is 23.1 Å². The molecule has 0 amide bonds. The molecule has 0 spiro atoms. The third kappa shape index (κ3) is 3.90. The molecule has 3 rings (SSSR count). The van der Waals surface area contributed by atoms with E-state index in [1.807, 2.05) is 30.3 Å². The van der Waals surface area contributed by atoms with Gasteiger partial charge in [0.1, 0.15) is 6.10 Å². The van der Waals surface area contributed by atoms with Crippen LogP contribution in [0.1, 0.15) is 10.4 Å². The van der Waals surface area contributed by atoms with Gasteiger partial charge in [-0.1, -0.05) is 36.4 Å². The molecule has 120 valence electrons. The van der Waals surface area contributed by atoms with Crippen LogP contribution in [0.3, 0.4) is 0 Å². The summed E-state index contributed by atoms with van der Waals surface area (Å²) in [5.74, 6) is -0.711. The van der Waals surface area contributed by atoms with Crippen molar-refractivity contribution in [3.63, 3.8) is 0 Å². The first kappa shape index (κ1) is 15.6. The Balaban J connectivity index is 1.74. The molecule has 1 heterocycles. The van der Waals surface area contributed by atoms with Gasteiger partial charge in [0.15, 0.2) is 9.84 Å². The Morgan fingerprint density at radius 3 is 2.22 bits per heavy atom. The van der Waals surface area contributed by atoms with Gasteiger partial charge < -0.3 is 10.1 Å². The molecule has 23 heavy (non-hydrogen) atoms. The van der Waals surface area contributed by atoms with E-state index in [1.54, 1.807) is 30.3 Å². The molecule has 0 radical (unpaired) electrons. The Morgan fingerprint density at radius 1 is 0.957 bits per heavy atom. The lowest BCUT2D eigenvalue weighted by Gasteiger charge is -2.21. The van der Waals surface area contributed by atoms with Gasteiger partial charge in [-0.05, 0) is 24.3 Å². The molecule has 0 aliphatic carbocycles. The second-order valence-corrected chi connectivity index (χ2v) is 7.66. The molecule has 0 unspecified atom stereocenters. The Hall–Kier alpha value is -2.34. The summed E-state index contributed by atoms with van der Waals surface area (Å²) in [5, 5.41) is 3.15. The fourth-order valence-corrected chi connectivity index (χ4v) is 4.38. The number of sulfone groups is 1. The van der Waals surface area contributed by atoms with Crippen molar-refractivity contribution >= 4 is 21.5 Å². The van der Waals surface area contributed by atoms with Crippen LogP contribution in [-0.4, -0.2) is 38.0 Å². The third-order valence-electron chi connectivity index (χ3n) is 3.69. The molecule has 5 nitrogen and oxygen atoms in total. The molecular weight excluding hydrogens is 314 g/mol. The van der Waals surface area contributed by atoms with Crippen molar-refractivity contribution in [2.75, 3.05) is 16.8 Å². The smallest absolute Gasteiger partial charge is 0.338 e. The van der Waals surface area contributed by atoms with Crippen LogP contribution in [0.5, 0.6) is 0 Å². The second kappa shape index (κ2) is 6.42. The molecule has 2 aromatic carbocycles. The van der Waals surface area contributed by atoms with Crippen molar-refractivity contribution in [3.8, 4) is 0 Å². The summed E-state index contributed by atoms with van der Waals surface area (Å²) in [7, 11) is -3.23. The van der Waals surface area contributed by atoms with Gasteiger partial charge in [0.25, 0.3) is 0 Å². The van der Waals surface area contributed by atoms with E-state index < -0.39 is 28.0 Å². The third-order valence-corrected chi connectivity index (χ3v) is 5.40. The molecule has 1 aliphatic rings. The van der Waals surface area contributed by atoms with E-state index in [-0.39, 0.29) is 11.5 Å². The lowest BCUT2D eigenvalue weighted by atomic mass is 10.2. The topological polar surface area (TPSA) is 72.5 Å². The Kier molecular flexibility index (Phi) is 4.34. The zero-order chi connectivity index (χ0) is 16.3. The molecule has 2 atom stereocenters. The summed E-state index contributed by atoms with van der Waals surface area (Å²) in [4.78, 5) is 12.2. The molecule has 0 bridgehead atoms. The number of hydrogen-bond acceptors (Lipinski definition) is 5. The van der Waals surface area contributed by atoms with E-state index in [4.69, 9.17) is 4.74 Å². The SMILES string of the molecule is O=C(O[C@@H]1CS(=O)(=O)C[C@H]1Nc1ccccc1)c1ccccc1. The van der Waals surface area contributed by atoms with Gasteiger partial charge in [-0.25, -0.2) is 13.2 Å². The van der Waals surface area contributed by atoms with Crippen molar-refractivity contribution in [2.24, 2.45) is 0 Å². The van der Waals surface area contributed by atoms with Crippen molar-refractivity contribution in [3.05, 3.63) is 66.2 Å². The summed E-state index contributed by atoms with van der Waals surface area (Å²) < 4.78 is 29.3. The molecule has 1 saturated heterocycles. The van der Waals surface area contributed by atoms with Crippen LogP contribution in [0.2, 0.25) is 0 Å². The van der Waals surface area contributed by atoms with Gasteiger partial charge in [-0.15, -0.1) is 0 Å². The summed E-state index contributed by atoms with van der Waals surface area (Å²) in [5.41, 5.74) is 1.21. The van der Waals surface area contributed by atoms with Gasteiger partial charge in [0, 0.05) is 5.69 Å². The number of carbonyl (C=O) groups is 1. The predicted molar refractivity (Wildman–Crippen MR) is 88.2 cm³/mol. The van der Waals surface area contributed by atoms with Gasteiger partial charge in [0.2, 0.25) is 0 Å². The number of ether oxygens (including phenoxy) is 1. The molecule has 0 aromatic heterocycles. The minimum atomic E-state index is -3.23. The second-order valence-electron chi connectivity index (χ2n) is 5.50. The van der Waals surface area contributed by atoms with Crippen LogP contribution in [0.15, 0.2) is 60.7 Å². The highest BCUT2D eigenvalue weighted by Crippen LogP contribution is 2.21. The molecule has 0 saturated carbocycles. The molecule has 1 N–H and O–H groups in total. The number of carbonyl (C=O) groups excluding carboxylic acids is 1. The quantitative estimate of drug-likeness (QED) is 0.869. The number of esters is 1. The maximum absolute atomic E-state index is 12.2. The first-order chi connectivity index (χ1) is 11.0. The van der Waals surface area contributed by atoms with Crippen molar-refractivity contribution < 1.29 is 17.9 Å². The number of para-hydroxylation sites is 1. The molecular formula is C17H17NO4S. The van der Waals surface area contributed by atoms with E-state index in [0.717, 1.165) is 5.69 Å². The van der Waals surface area contributed by atoms with Crippen LogP contribution in [0.25, 0.3) is 0 Å². The zero-order valence-electron chi connectivity index (χ0n) is 12.4. The van der Waals surface area contributed by atoms with Crippen LogP contribution in [0.4, 0.5) is 5.69 Å². The summed E-state index contributed by atoms with van der Waals surface area (Å²) >= 11 is 0. The number of rotatable bonds is 4. The van der Waals surface area contributed by atoms with Crippen LogP contribution < -0.4 is 5.32 Å². The van der Waals surface area contributed by atoms with E-state index in [9.17, 15) is 13.2 Å². The molecule has 6 heteroatoms.